The van der Waals surface area contributed by atoms with Crippen LogP contribution in [0.5, 0.6) is 5.88 Å². The number of aromatic nitrogens is 1. The van der Waals surface area contributed by atoms with E-state index >= 15 is 0 Å². The van der Waals surface area contributed by atoms with E-state index in [1.54, 1.807) is 7.11 Å². The molecule has 27 heavy (non-hydrogen) atoms. The maximum Gasteiger partial charge on any atom is 0.408 e. The number of hydrogen-bond donors (Lipinski definition) is 2. The number of rotatable bonds is 5. The fourth-order valence-corrected chi connectivity index (χ4v) is 3.56. The number of hydrogen-bond acceptors (Lipinski definition) is 5. The molecule has 3 atom stereocenters. The zero-order valence-electron chi connectivity index (χ0n) is 16.2. The molecule has 0 spiro atoms. The van der Waals surface area contributed by atoms with Crippen LogP contribution in [0, 0.1) is 11.8 Å². The van der Waals surface area contributed by atoms with Gasteiger partial charge in [0.25, 0.3) is 0 Å². The van der Waals surface area contributed by atoms with E-state index in [4.69, 9.17) is 9.47 Å². The summed E-state index contributed by atoms with van der Waals surface area (Å²) in [5.74, 6) is 1.07. The molecule has 0 unspecified atom stereocenters. The number of methoxy groups -OCH3 is 1. The molecule has 0 bridgehead atoms. The lowest BCUT2D eigenvalue weighted by atomic mass is 9.81. The van der Waals surface area contributed by atoms with Gasteiger partial charge in [-0.1, -0.05) is 51.1 Å². The summed E-state index contributed by atoms with van der Waals surface area (Å²) in [6.07, 6.45) is -0.448. The van der Waals surface area contributed by atoms with Crippen molar-refractivity contribution in [3.05, 3.63) is 53.7 Å². The van der Waals surface area contributed by atoms with Crippen LogP contribution in [0.1, 0.15) is 38.1 Å². The van der Waals surface area contributed by atoms with Gasteiger partial charge in [0.2, 0.25) is 5.88 Å². The molecule has 1 aromatic heterocycles. The molecule has 2 heterocycles. The molecular weight excluding hydrogens is 342 g/mol. The van der Waals surface area contributed by atoms with Crippen LogP contribution in [0.15, 0.2) is 42.5 Å². The summed E-state index contributed by atoms with van der Waals surface area (Å²) in [7, 11) is 1.59. The third kappa shape index (κ3) is 4.32. The molecule has 2 N–H and O–H groups in total. The Morgan fingerprint density at radius 3 is 2.63 bits per heavy atom. The van der Waals surface area contributed by atoms with Gasteiger partial charge in [0.15, 0.2) is 0 Å². The summed E-state index contributed by atoms with van der Waals surface area (Å²) in [5.41, 5.74) is 2.64. The third-order valence-corrected chi connectivity index (χ3v) is 5.02. The highest BCUT2D eigenvalue weighted by Crippen LogP contribution is 2.38. The fraction of sp³-hybridized carbons (Fsp3) is 0.429. The summed E-state index contributed by atoms with van der Waals surface area (Å²) in [6.45, 7) is 6.68. The highest BCUT2D eigenvalue weighted by molar-refractivity contribution is 5.69. The number of pyridine rings is 1. The molecule has 0 saturated carbocycles. The van der Waals surface area contributed by atoms with Gasteiger partial charge in [-0.2, -0.15) is 0 Å². The van der Waals surface area contributed by atoms with Crippen molar-refractivity contribution in [1.82, 2.24) is 10.3 Å². The SMILES string of the molecule is COc1ccc2c(n1)[C@H](NC(=O)OCc1ccccc1)[C@@H](C)[C@H](C(C)C)N2. The van der Waals surface area contributed by atoms with Crippen molar-refractivity contribution in [2.45, 2.75) is 39.5 Å². The monoisotopic (exact) mass is 369 g/mol. The van der Waals surface area contributed by atoms with Gasteiger partial charge < -0.3 is 20.1 Å². The number of alkyl carbamates (subject to hydrolysis) is 1. The second-order valence-corrected chi connectivity index (χ2v) is 7.24. The Kier molecular flexibility index (Phi) is 5.84. The van der Waals surface area contributed by atoms with Crippen molar-refractivity contribution >= 4 is 11.8 Å². The lowest BCUT2D eigenvalue weighted by Crippen LogP contribution is -2.46. The molecule has 144 valence electrons. The van der Waals surface area contributed by atoms with Crippen molar-refractivity contribution in [2.24, 2.45) is 11.8 Å². The van der Waals surface area contributed by atoms with E-state index in [2.05, 4.69) is 36.4 Å². The number of carbonyl (C=O) groups excluding carboxylic acids is 1. The Labute approximate surface area is 160 Å². The predicted octanol–water partition coefficient (Wildman–Crippen LogP) is 4.14. The van der Waals surface area contributed by atoms with E-state index < -0.39 is 6.09 Å². The smallest absolute Gasteiger partial charge is 0.408 e. The van der Waals surface area contributed by atoms with Crippen LogP contribution in [0.25, 0.3) is 0 Å². The number of benzene rings is 1. The van der Waals surface area contributed by atoms with Gasteiger partial charge in [-0.15, -0.1) is 0 Å². The van der Waals surface area contributed by atoms with E-state index in [1.165, 1.54) is 0 Å². The standard InChI is InChI=1S/C21H27N3O3/c1-13(2)18-14(3)19(20-16(22-18)10-11-17(23-20)26-4)24-21(25)27-12-15-8-6-5-7-9-15/h5-11,13-14,18-19,22H,12H2,1-4H3,(H,24,25)/t14-,18-,19+/m0/s1. The first-order valence-electron chi connectivity index (χ1n) is 9.28. The average molecular weight is 369 g/mol. The molecular formula is C21H27N3O3. The molecule has 3 rings (SSSR count). The van der Waals surface area contributed by atoms with Gasteiger partial charge >= 0.3 is 6.09 Å². The van der Waals surface area contributed by atoms with Crippen molar-refractivity contribution in [3.63, 3.8) is 0 Å². The lowest BCUT2D eigenvalue weighted by molar-refractivity contribution is 0.129. The minimum Gasteiger partial charge on any atom is -0.481 e. The molecule has 2 aromatic rings. The molecule has 0 saturated heterocycles. The van der Waals surface area contributed by atoms with Crippen LogP contribution in [0.3, 0.4) is 0 Å². The Morgan fingerprint density at radius 2 is 1.96 bits per heavy atom. The van der Waals surface area contributed by atoms with E-state index in [0.29, 0.717) is 11.8 Å². The average Bonchev–Trinajstić information content (AvgIpc) is 2.68. The quantitative estimate of drug-likeness (QED) is 0.828. The highest BCUT2D eigenvalue weighted by Gasteiger charge is 2.37. The minimum absolute atomic E-state index is 0.140. The number of anilines is 1. The molecule has 0 radical (unpaired) electrons. The van der Waals surface area contributed by atoms with Gasteiger partial charge in [0.05, 0.1) is 24.5 Å². The van der Waals surface area contributed by atoms with Crippen LogP contribution in [0.4, 0.5) is 10.5 Å². The Balaban J connectivity index is 1.78. The third-order valence-electron chi connectivity index (χ3n) is 5.02. The highest BCUT2D eigenvalue weighted by atomic mass is 16.5. The molecule has 6 nitrogen and oxygen atoms in total. The van der Waals surface area contributed by atoms with Gasteiger partial charge in [-0.05, 0) is 17.5 Å². The van der Waals surface area contributed by atoms with E-state index in [0.717, 1.165) is 16.9 Å². The first-order valence-corrected chi connectivity index (χ1v) is 9.28. The predicted molar refractivity (Wildman–Crippen MR) is 105 cm³/mol. The Bertz CT molecular complexity index is 779. The normalized spacial score (nSPS) is 21.1. The van der Waals surface area contributed by atoms with Crippen molar-refractivity contribution in [2.75, 3.05) is 12.4 Å². The number of carbonyl (C=O) groups is 1. The largest absolute Gasteiger partial charge is 0.481 e. The second-order valence-electron chi connectivity index (χ2n) is 7.24. The summed E-state index contributed by atoms with van der Waals surface area (Å²) >= 11 is 0. The summed E-state index contributed by atoms with van der Waals surface area (Å²) < 4.78 is 10.7. The molecule has 1 aromatic carbocycles. The molecule has 0 fully saturated rings. The van der Waals surface area contributed by atoms with Crippen molar-refractivity contribution < 1.29 is 14.3 Å². The zero-order chi connectivity index (χ0) is 19.4. The minimum atomic E-state index is -0.448. The molecule has 1 amide bonds. The van der Waals surface area contributed by atoms with Crippen LogP contribution < -0.4 is 15.4 Å². The van der Waals surface area contributed by atoms with Crippen molar-refractivity contribution in [1.29, 1.82) is 0 Å². The van der Waals surface area contributed by atoms with E-state index in [1.807, 2.05) is 42.5 Å². The summed E-state index contributed by atoms with van der Waals surface area (Å²) in [5, 5.41) is 6.56. The van der Waals surface area contributed by atoms with E-state index in [-0.39, 0.29) is 24.6 Å². The van der Waals surface area contributed by atoms with E-state index in [9.17, 15) is 4.79 Å². The number of nitrogens with one attached hydrogen (secondary N) is 2. The fourth-order valence-electron chi connectivity index (χ4n) is 3.56. The van der Waals surface area contributed by atoms with Crippen molar-refractivity contribution in [3.8, 4) is 5.88 Å². The topological polar surface area (TPSA) is 72.5 Å². The number of amides is 1. The van der Waals surface area contributed by atoms with Gasteiger partial charge in [0.1, 0.15) is 6.61 Å². The van der Waals surface area contributed by atoms with Crippen LogP contribution in [0.2, 0.25) is 0 Å². The van der Waals surface area contributed by atoms with Crippen LogP contribution in [-0.2, 0) is 11.3 Å². The first kappa shape index (κ1) is 19.0. The number of fused-ring (bicyclic) bond motifs is 1. The first-order chi connectivity index (χ1) is 13.0. The van der Waals surface area contributed by atoms with Gasteiger partial charge in [-0.3, -0.25) is 0 Å². The number of ether oxygens (including phenoxy) is 2. The van der Waals surface area contributed by atoms with Gasteiger partial charge in [-0.25, -0.2) is 9.78 Å². The maximum absolute atomic E-state index is 12.5. The van der Waals surface area contributed by atoms with Crippen LogP contribution >= 0.6 is 0 Å². The lowest BCUT2D eigenvalue weighted by Gasteiger charge is -2.40. The Hall–Kier alpha value is -2.76. The molecule has 0 aliphatic carbocycles. The summed E-state index contributed by atoms with van der Waals surface area (Å²) in [4.78, 5) is 17.0. The zero-order valence-corrected chi connectivity index (χ0v) is 16.2. The number of nitrogens with zero attached hydrogens (tertiary/aromatic N) is 1. The molecule has 1 aliphatic heterocycles. The van der Waals surface area contributed by atoms with Crippen LogP contribution in [-0.4, -0.2) is 24.2 Å². The summed E-state index contributed by atoms with van der Waals surface area (Å²) in [6, 6.07) is 13.4. The Morgan fingerprint density at radius 1 is 1.22 bits per heavy atom. The molecule has 1 aliphatic rings. The van der Waals surface area contributed by atoms with Gasteiger partial charge in [0, 0.05) is 18.0 Å². The maximum atomic E-state index is 12.5. The molecule has 6 heteroatoms. The second kappa shape index (κ2) is 8.29.